The summed E-state index contributed by atoms with van der Waals surface area (Å²) in [7, 11) is 0. The Balaban J connectivity index is 1.78. The van der Waals surface area contributed by atoms with E-state index in [2.05, 4.69) is 0 Å². The van der Waals surface area contributed by atoms with Crippen molar-refractivity contribution in [2.24, 2.45) is 0 Å². The van der Waals surface area contributed by atoms with Crippen molar-refractivity contribution in [3.63, 3.8) is 0 Å². The maximum Gasteiger partial charge on any atom is 0.295 e. The molecule has 1 N–H and O–H groups in total. The number of hydrogen-bond acceptors (Lipinski definition) is 5. The number of Topliss-reactive ketones (excluding diaryl/α,β-unsaturated/α-hetero) is 1. The number of rotatable bonds is 9. The van der Waals surface area contributed by atoms with Gasteiger partial charge in [0, 0.05) is 12.1 Å². The summed E-state index contributed by atoms with van der Waals surface area (Å²) in [5.74, 6) is -0.963. The molecule has 1 fully saturated rings. The number of halogens is 1. The molecule has 4 rings (SSSR count). The van der Waals surface area contributed by atoms with Gasteiger partial charge >= 0.3 is 0 Å². The number of aliphatic hydroxyl groups is 1. The number of aliphatic hydroxyl groups excluding tert-OH is 1. The number of ether oxygens (including phenoxy) is 2. The second kappa shape index (κ2) is 11.5. The van der Waals surface area contributed by atoms with Gasteiger partial charge in [-0.25, -0.2) is 4.39 Å². The van der Waals surface area contributed by atoms with E-state index in [0.717, 1.165) is 5.56 Å². The Morgan fingerprint density at radius 1 is 0.895 bits per heavy atom. The van der Waals surface area contributed by atoms with Crippen LogP contribution < -0.4 is 9.47 Å². The van der Waals surface area contributed by atoms with E-state index in [1.807, 2.05) is 27.7 Å². The van der Waals surface area contributed by atoms with Crippen LogP contribution in [-0.2, 0) is 16.0 Å². The summed E-state index contributed by atoms with van der Waals surface area (Å²) in [6.07, 6.45) is 0.260. The van der Waals surface area contributed by atoms with Gasteiger partial charge in [0.05, 0.1) is 23.8 Å². The number of ketones is 1. The van der Waals surface area contributed by atoms with Gasteiger partial charge in [0.15, 0.2) is 0 Å². The Bertz CT molecular complexity index is 1350. The van der Waals surface area contributed by atoms with Gasteiger partial charge in [-0.05, 0) is 81.6 Å². The number of carbonyl (C=O) groups is 2. The van der Waals surface area contributed by atoms with E-state index in [1.54, 1.807) is 60.7 Å². The quantitative estimate of drug-likeness (QED) is 0.212. The lowest BCUT2D eigenvalue weighted by Crippen LogP contribution is -2.31. The minimum atomic E-state index is -0.833. The molecule has 1 unspecified atom stereocenters. The van der Waals surface area contributed by atoms with Crippen LogP contribution in [0.2, 0.25) is 0 Å². The molecule has 198 valence electrons. The van der Waals surface area contributed by atoms with Gasteiger partial charge in [-0.1, -0.05) is 36.4 Å². The Morgan fingerprint density at radius 2 is 1.50 bits per heavy atom. The topological polar surface area (TPSA) is 76.1 Å². The number of amides is 1. The molecule has 38 heavy (non-hydrogen) atoms. The molecule has 1 heterocycles. The summed E-state index contributed by atoms with van der Waals surface area (Å²) in [4.78, 5) is 28.1. The smallest absolute Gasteiger partial charge is 0.295 e. The molecule has 0 aromatic heterocycles. The predicted octanol–water partition coefficient (Wildman–Crippen LogP) is 6.06. The lowest BCUT2D eigenvalue weighted by atomic mass is 9.95. The van der Waals surface area contributed by atoms with E-state index in [9.17, 15) is 19.1 Å². The first-order valence-electron chi connectivity index (χ1n) is 12.7. The van der Waals surface area contributed by atoms with Gasteiger partial charge in [0.25, 0.3) is 11.7 Å². The summed E-state index contributed by atoms with van der Waals surface area (Å²) in [6.45, 7) is 7.81. The SMILES string of the molecule is CC(C)Oc1cccc(/C(O)=C2/C(=O)C(=O)N(CCc3ccc(F)cc3)C2c2cccc(OC(C)C)c2)c1. The van der Waals surface area contributed by atoms with E-state index in [1.165, 1.54) is 17.0 Å². The fraction of sp³-hybridized carbons (Fsp3) is 0.290. The van der Waals surface area contributed by atoms with Crippen molar-refractivity contribution in [3.05, 3.63) is 101 Å². The second-order valence-corrected chi connectivity index (χ2v) is 9.80. The molecule has 1 aliphatic heterocycles. The summed E-state index contributed by atoms with van der Waals surface area (Å²) in [6, 6.07) is 19.2. The maximum absolute atomic E-state index is 13.4. The van der Waals surface area contributed by atoms with Gasteiger partial charge in [-0.2, -0.15) is 0 Å². The minimum absolute atomic E-state index is 0.00231. The zero-order valence-corrected chi connectivity index (χ0v) is 22.0. The average molecular weight is 518 g/mol. The molecule has 0 saturated carbocycles. The van der Waals surface area contributed by atoms with Gasteiger partial charge in [-0.3, -0.25) is 9.59 Å². The number of nitrogens with zero attached hydrogens (tertiary/aromatic N) is 1. The van der Waals surface area contributed by atoms with Crippen LogP contribution in [0.3, 0.4) is 0 Å². The van der Waals surface area contributed by atoms with Crippen LogP contribution in [0, 0.1) is 5.82 Å². The molecular formula is C31H32FNO5. The van der Waals surface area contributed by atoms with Gasteiger partial charge in [-0.15, -0.1) is 0 Å². The molecule has 3 aromatic carbocycles. The highest BCUT2D eigenvalue weighted by Gasteiger charge is 2.46. The third kappa shape index (κ3) is 6.05. The lowest BCUT2D eigenvalue weighted by molar-refractivity contribution is -0.139. The first kappa shape index (κ1) is 26.9. The monoisotopic (exact) mass is 517 g/mol. The summed E-state index contributed by atoms with van der Waals surface area (Å²) in [5.41, 5.74) is 1.83. The normalized spacial score (nSPS) is 16.9. The Labute approximate surface area is 222 Å². The number of hydrogen-bond donors (Lipinski definition) is 1. The molecule has 3 aromatic rings. The highest BCUT2D eigenvalue weighted by molar-refractivity contribution is 6.46. The van der Waals surface area contributed by atoms with Crippen molar-refractivity contribution in [1.82, 2.24) is 4.90 Å². The summed E-state index contributed by atoms with van der Waals surface area (Å²) in [5, 5.41) is 11.4. The molecule has 1 amide bonds. The summed E-state index contributed by atoms with van der Waals surface area (Å²) < 4.78 is 25.0. The molecule has 0 aliphatic carbocycles. The van der Waals surface area contributed by atoms with Crippen molar-refractivity contribution in [2.75, 3.05) is 6.54 Å². The molecule has 7 heteroatoms. The van der Waals surface area contributed by atoms with E-state index >= 15 is 0 Å². The van der Waals surface area contributed by atoms with Crippen molar-refractivity contribution >= 4 is 17.4 Å². The number of benzene rings is 3. The minimum Gasteiger partial charge on any atom is -0.507 e. The van der Waals surface area contributed by atoms with Crippen LogP contribution >= 0.6 is 0 Å². The first-order chi connectivity index (χ1) is 18.1. The highest BCUT2D eigenvalue weighted by atomic mass is 19.1. The molecule has 1 saturated heterocycles. The van der Waals surface area contributed by atoms with Crippen molar-refractivity contribution in [1.29, 1.82) is 0 Å². The molecular weight excluding hydrogens is 485 g/mol. The van der Waals surface area contributed by atoms with Crippen molar-refractivity contribution < 1.29 is 28.6 Å². The largest absolute Gasteiger partial charge is 0.507 e. The van der Waals surface area contributed by atoms with E-state index < -0.39 is 17.7 Å². The van der Waals surface area contributed by atoms with E-state index in [0.29, 0.717) is 29.0 Å². The lowest BCUT2D eigenvalue weighted by Gasteiger charge is -2.26. The fourth-order valence-electron chi connectivity index (χ4n) is 4.53. The van der Waals surface area contributed by atoms with Crippen LogP contribution in [0.5, 0.6) is 11.5 Å². The molecule has 0 radical (unpaired) electrons. The molecule has 1 aliphatic rings. The van der Waals surface area contributed by atoms with Crippen LogP contribution in [0.4, 0.5) is 4.39 Å². The highest BCUT2D eigenvalue weighted by Crippen LogP contribution is 2.40. The third-order valence-corrected chi connectivity index (χ3v) is 6.12. The van der Waals surface area contributed by atoms with Gasteiger partial charge in [0.2, 0.25) is 0 Å². The van der Waals surface area contributed by atoms with Gasteiger partial charge in [0.1, 0.15) is 23.1 Å². The maximum atomic E-state index is 13.4. The standard InChI is InChI=1S/C31H32FNO5/c1-19(2)37-25-9-5-7-22(17-25)28-27(29(34)23-8-6-10-26(18-23)38-20(3)4)30(35)31(36)33(28)16-15-21-11-13-24(32)14-12-21/h5-14,17-20,28,34H,15-16H2,1-4H3/b29-27-. The van der Waals surface area contributed by atoms with Crippen LogP contribution in [0.25, 0.3) is 5.76 Å². The zero-order chi connectivity index (χ0) is 27.4. The van der Waals surface area contributed by atoms with E-state index in [4.69, 9.17) is 9.47 Å². The zero-order valence-electron chi connectivity index (χ0n) is 22.0. The Morgan fingerprint density at radius 3 is 2.13 bits per heavy atom. The van der Waals surface area contributed by atoms with E-state index in [-0.39, 0.29) is 35.9 Å². The fourth-order valence-corrected chi connectivity index (χ4v) is 4.53. The molecule has 6 nitrogen and oxygen atoms in total. The van der Waals surface area contributed by atoms with Crippen LogP contribution in [0.15, 0.2) is 78.4 Å². The molecule has 1 atom stereocenters. The molecule has 0 bridgehead atoms. The van der Waals surface area contributed by atoms with Crippen molar-refractivity contribution in [2.45, 2.75) is 52.4 Å². The number of carbonyl (C=O) groups excluding carboxylic acids is 2. The summed E-state index contributed by atoms with van der Waals surface area (Å²) >= 11 is 0. The average Bonchev–Trinajstić information content (AvgIpc) is 3.12. The predicted molar refractivity (Wildman–Crippen MR) is 144 cm³/mol. The first-order valence-corrected chi connectivity index (χ1v) is 12.7. The Kier molecular flexibility index (Phi) is 8.15. The van der Waals surface area contributed by atoms with Crippen LogP contribution in [0.1, 0.15) is 50.4 Å². The second-order valence-electron chi connectivity index (χ2n) is 9.80. The Hall–Kier alpha value is -4.13. The molecule has 0 spiro atoms. The third-order valence-electron chi connectivity index (χ3n) is 6.12. The van der Waals surface area contributed by atoms with Crippen LogP contribution in [-0.4, -0.2) is 40.4 Å². The number of likely N-dealkylation sites (tertiary alicyclic amines) is 1. The van der Waals surface area contributed by atoms with Crippen molar-refractivity contribution in [3.8, 4) is 11.5 Å². The van der Waals surface area contributed by atoms with Gasteiger partial charge < -0.3 is 19.5 Å².